The molecule has 0 amide bonds. The minimum absolute atomic E-state index is 0.787. The third-order valence-corrected chi connectivity index (χ3v) is 3.52. The second-order valence-corrected chi connectivity index (χ2v) is 6.48. The molecule has 0 aliphatic rings. The van der Waals surface area contributed by atoms with Crippen molar-refractivity contribution in [3.8, 4) is 0 Å². The van der Waals surface area contributed by atoms with Crippen LogP contribution in [0.15, 0.2) is 36.4 Å². The summed E-state index contributed by atoms with van der Waals surface area (Å²) in [7, 11) is 0. The van der Waals surface area contributed by atoms with E-state index in [1.807, 2.05) is 0 Å². The van der Waals surface area contributed by atoms with Crippen molar-refractivity contribution in [2.75, 3.05) is 19.6 Å². The van der Waals surface area contributed by atoms with Crippen LogP contribution in [0, 0.1) is 11.8 Å². The third kappa shape index (κ3) is 8.16. The molecule has 0 N–H and O–H groups in total. The summed E-state index contributed by atoms with van der Waals surface area (Å²) in [6.45, 7) is 12.7. The first-order valence-electron chi connectivity index (χ1n) is 8.02. The maximum absolute atomic E-state index is 2.58. The maximum atomic E-state index is 2.58. The van der Waals surface area contributed by atoms with E-state index in [4.69, 9.17) is 0 Å². The van der Waals surface area contributed by atoms with Gasteiger partial charge in [-0.2, -0.15) is 0 Å². The van der Waals surface area contributed by atoms with E-state index in [2.05, 4.69) is 75.1 Å². The van der Waals surface area contributed by atoms with E-state index in [1.54, 1.807) is 0 Å². The summed E-state index contributed by atoms with van der Waals surface area (Å²) < 4.78 is 0. The minimum Gasteiger partial charge on any atom is -0.300 e. The molecular weight excluding hydrogens is 242 g/mol. The standard InChI is InChI=1S/C19H31N/c1-17(2)12-15-20(16-13-18(3)4)14-8-11-19-9-6-5-7-10-19/h5-11,17-18H,12-16H2,1-4H3. The van der Waals surface area contributed by atoms with Gasteiger partial charge < -0.3 is 0 Å². The number of nitrogens with zero attached hydrogens (tertiary/aromatic N) is 1. The molecule has 1 aromatic rings. The Morgan fingerprint density at radius 1 is 0.900 bits per heavy atom. The number of benzene rings is 1. The van der Waals surface area contributed by atoms with Crippen LogP contribution < -0.4 is 0 Å². The monoisotopic (exact) mass is 273 g/mol. The number of hydrogen-bond donors (Lipinski definition) is 0. The van der Waals surface area contributed by atoms with Gasteiger partial charge in [-0.15, -0.1) is 0 Å². The Morgan fingerprint density at radius 3 is 1.95 bits per heavy atom. The highest BCUT2D eigenvalue weighted by Gasteiger charge is 2.05. The van der Waals surface area contributed by atoms with E-state index < -0.39 is 0 Å². The van der Waals surface area contributed by atoms with Crippen molar-refractivity contribution >= 4 is 6.08 Å². The van der Waals surface area contributed by atoms with Crippen molar-refractivity contribution < 1.29 is 0 Å². The topological polar surface area (TPSA) is 3.24 Å². The molecular formula is C19H31N. The summed E-state index contributed by atoms with van der Waals surface area (Å²) in [6.07, 6.45) is 7.11. The first kappa shape index (κ1) is 17.0. The molecule has 1 heteroatoms. The highest BCUT2D eigenvalue weighted by atomic mass is 15.1. The Hall–Kier alpha value is -1.08. The van der Waals surface area contributed by atoms with Crippen LogP contribution in [-0.4, -0.2) is 24.5 Å². The van der Waals surface area contributed by atoms with E-state index in [0.29, 0.717) is 0 Å². The lowest BCUT2D eigenvalue weighted by atomic mass is 10.1. The smallest absolute Gasteiger partial charge is 0.0166 e. The van der Waals surface area contributed by atoms with Crippen molar-refractivity contribution in [1.82, 2.24) is 4.90 Å². The molecule has 0 unspecified atom stereocenters. The predicted molar refractivity (Wildman–Crippen MR) is 90.8 cm³/mol. The molecule has 1 aromatic carbocycles. The molecule has 0 aromatic heterocycles. The van der Waals surface area contributed by atoms with E-state index in [1.165, 1.54) is 31.5 Å². The quantitative estimate of drug-likeness (QED) is 0.605. The lowest BCUT2D eigenvalue weighted by Crippen LogP contribution is -2.28. The molecule has 112 valence electrons. The van der Waals surface area contributed by atoms with Crippen molar-refractivity contribution in [1.29, 1.82) is 0 Å². The minimum atomic E-state index is 0.787. The first-order chi connectivity index (χ1) is 9.58. The van der Waals surface area contributed by atoms with Crippen LogP contribution in [0.1, 0.15) is 46.1 Å². The van der Waals surface area contributed by atoms with E-state index in [-0.39, 0.29) is 0 Å². The summed E-state index contributed by atoms with van der Waals surface area (Å²) in [6, 6.07) is 10.6. The zero-order chi connectivity index (χ0) is 14.8. The van der Waals surface area contributed by atoms with Gasteiger partial charge in [0.05, 0.1) is 0 Å². The first-order valence-corrected chi connectivity index (χ1v) is 8.02. The summed E-state index contributed by atoms with van der Waals surface area (Å²) in [5.74, 6) is 1.57. The second kappa shape index (κ2) is 9.77. The fourth-order valence-corrected chi connectivity index (χ4v) is 2.08. The molecule has 1 rings (SSSR count). The Morgan fingerprint density at radius 2 is 1.45 bits per heavy atom. The Balaban J connectivity index is 2.44. The molecule has 0 bridgehead atoms. The summed E-state index contributed by atoms with van der Waals surface area (Å²) in [5, 5.41) is 0. The van der Waals surface area contributed by atoms with Crippen LogP contribution in [0.3, 0.4) is 0 Å². The highest BCUT2D eigenvalue weighted by Crippen LogP contribution is 2.07. The van der Waals surface area contributed by atoms with Crippen molar-refractivity contribution in [3.05, 3.63) is 42.0 Å². The summed E-state index contributed by atoms with van der Waals surface area (Å²) in [5.41, 5.74) is 1.29. The van der Waals surface area contributed by atoms with Gasteiger partial charge in [0.2, 0.25) is 0 Å². The van der Waals surface area contributed by atoms with Gasteiger partial charge in [0, 0.05) is 6.54 Å². The molecule has 0 spiro atoms. The van der Waals surface area contributed by atoms with Crippen LogP contribution in [0.2, 0.25) is 0 Å². The van der Waals surface area contributed by atoms with Gasteiger partial charge in [0.15, 0.2) is 0 Å². The van der Waals surface area contributed by atoms with Gasteiger partial charge in [0.1, 0.15) is 0 Å². The van der Waals surface area contributed by atoms with E-state index >= 15 is 0 Å². The normalized spacial score (nSPS) is 12.2. The van der Waals surface area contributed by atoms with Crippen LogP contribution >= 0.6 is 0 Å². The lowest BCUT2D eigenvalue weighted by molar-refractivity contribution is 0.267. The molecule has 0 aliphatic carbocycles. The zero-order valence-corrected chi connectivity index (χ0v) is 13.7. The Labute approximate surface area is 125 Å². The zero-order valence-electron chi connectivity index (χ0n) is 13.7. The number of rotatable bonds is 9. The van der Waals surface area contributed by atoms with E-state index in [9.17, 15) is 0 Å². The average Bonchev–Trinajstić information content (AvgIpc) is 2.42. The molecule has 20 heavy (non-hydrogen) atoms. The van der Waals surface area contributed by atoms with Crippen LogP contribution in [-0.2, 0) is 0 Å². The maximum Gasteiger partial charge on any atom is 0.0166 e. The summed E-state index contributed by atoms with van der Waals surface area (Å²) >= 11 is 0. The molecule has 0 saturated carbocycles. The van der Waals surface area contributed by atoms with Gasteiger partial charge >= 0.3 is 0 Å². The van der Waals surface area contributed by atoms with Gasteiger partial charge in [0.25, 0.3) is 0 Å². The second-order valence-electron chi connectivity index (χ2n) is 6.48. The number of hydrogen-bond acceptors (Lipinski definition) is 1. The summed E-state index contributed by atoms with van der Waals surface area (Å²) in [4.78, 5) is 2.58. The molecule has 0 radical (unpaired) electrons. The molecule has 1 nitrogen and oxygen atoms in total. The SMILES string of the molecule is CC(C)CCN(CC=Cc1ccccc1)CCC(C)C. The highest BCUT2D eigenvalue weighted by molar-refractivity contribution is 5.48. The fourth-order valence-electron chi connectivity index (χ4n) is 2.08. The van der Waals surface area contributed by atoms with Crippen LogP contribution in [0.4, 0.5) is 0 Å². The van der Waals surface area contributed by atoms with Gasteiger partial charge in [-0.25, -0.2) is 0 Å². The largest absolute Gasteiger partial charge is 0.300 e. The van der Waals surface area contributed by atoms with Gasteiger partial charge in [-0.1, -0.05) is 70.2 Å². The molecule has 0 heterocycles. The van der Waals surface area contributed by atoms with Gasteiger partial charge in [-0.05, 0) is 43.3 Å². The van der Waals surface area contributed by atoms with Crippen molar-refractivity contribution in [2.45, 2.75) is 40.5 Å². The average molecular weight is 273 g/mol. The van der Waals surface area contributed by atoms with Crippen molar-refractivity contribution in [3.63, 3.8) is 0 Å². The van der Waals surface area contributed by atoms with Crippen molar-refractivity contribution in [2.24, 2.45) is 11.8 Å². The Bertz CT molecular complexity index is 353. The molecule has 0 fully saturated rings. The van der Waals surface area contributed by atoms with Crippen LogP contribution in [0.5, 0.6) is 0 Å². The Kier molecular flexibility index (Phi) is 8.29. The van der Waals surface area contributed by atoms with E-state index in [0.717, 1.165) is 18.4 Å². The van der Waals surface area contributed by atoms with Gasteiger partial charge in [-0.3, -0.25) is 4.90 Å². The molecule has 0 aliphatic heterocycles. The third-order valence-electron chi connectivity index (χ3n) is 3.52. The predicted octanol–water partition coefficient (Wildman–Crippen LogP) is 5.09. The van der Waals surface area contributed by atoms with Crippen LogP contribution in [0.25, 0.3) is 6.08 Å². The lowest BCUT2D eigenvalue weighted by Gasteiger charge is -2.22. The molecule has 0 atom stereocenters. The molecule has 0 saturated heterocycles. The fraction of sp³-hybridized carbons (Fsp3) is 0.579.